The first kappa shape index (κ1) is 32.3. The maximum Gasteiger partial charge on any atom is 0.0441 e. The third kappa shape index (κ3) is 4.62. The van der Waals surface area contributed by atoms with Crippen molar-refractivity contribution >= 4 is 117 Å². The van der Waals surface area contributed by atoms with E-state index >= 15 is 0 Å². The fourth-order valence-electron chi connectivity index (χ4n) is 9.83. The van der Waals surface area contributed by atoms with E-state index in [1.807, 2.05) is 22.7 Å². The van der Waals surface area contributed by atoms with E-state index in [4.69, 9.17) is 0 Å². The minimum atomic E-state index is 1.24. The zero-order valence-electron chi connectivity index (χ0n) is 31.3. The Hall–Kier alpha value is -6.84. The van der Waals surface area contributed by atoms with E-state index in [1.54, 1.807) is 0 Å². The van der Waals surface area contributed by atoms with Crippen molar-refractivity contribution < 1.29 is 0 Å². The molecule has 2 heterocycles. The van der Waals surface area contributed by atoms with Crippen molar-refractivity contribution in [1.29, 1.82) is 0 Å². The molecule has 11 aromatic carbocycles. The molecule has 0 radical (unpaired) electrons. The van der Waals surface area contributed by atoms with Gasteiger partial charge in [0, 0.05) is 51.1 Å². The Morgan fingerprint density at radius 3 is 1.41 bits per heavy atom. The zero-order valence-corrected chi connectivity index (χ0v) is 32.9. The molecule has 13 aromatic rings. The van der Waals surface area contributed by atoms with Crippen LogP contribution in [0.3, 0.4) is 0 Å². The van der Waals surface area contributed by atoms with Crippen molar-refractivity contribution in [3.05, 3.63) is 194 Å². The van der Waals surface area contributed by atoms with Gasteiger partial charge >= 0.3 is 0 Å². The lowest BCUT2D eigenvalue weighted by molar-refractivity contribution is 1.67. The predicted molar refractivity (Wildman–Crippen MR) is 256 cm³/mol. The van der Waals surface area contributed by atoms with Gasteiger partial charge in [0.05, 0.1) is 0 Å². The quantitative estimate of drug-likeness (QED) is 0.157. The number of rotatable bonds is 3. The summed E-state index contributed by atoms with van der Waals surface area (Å²) in [5.41, 5.74) is 7.60. The van der Waals surface area contributed by atoms with Crippen LogP contribution in [0.5, 0.6) is 0 Å². The molecule has 2 aromatic heterocycles. The average Bonchev–Trinajstić information content (AvgIpc) is 3.87. The normalized spacial score (nSPS) is 12.1. The van der Waals surface area contributed by atoms with E-state index < -0.39 is 0 Å². The van der Waals surface area contributed by atoms with Crippen LogP contribution in [0.25, 0.3) is 128 Å². The molecule has 0 N–H and O–H groups in total. The number of hydrogen-bond donors (Lipinski definition) is 0. The Kier molecular flexibility index (Phi) is 6.86. The van der Waals surface area contributed by atoms with E-state index in [9.17, 15) is 0 Å². The van der Waals surface area contributed by atoms with Crippen LogP contribution < -0.4 is 0 Å². The number of thiophene rings is 2. The van der Waals surface area contributed by atoms with Crippen molar-refractivity contribution in [2.24, 2.45) is 0 Å². The van der Waals surface area contributed by atoms with Gasteiger partial charge in [-0.05, 0) is 101 Å². The molecule has 58 heavy (non-hydrogen) atoms. The van der Waals surface area contributed by atoms with Gasteiger partial charge in [0.1, 0.15) is 0 Å². The van der Waals surface area contributed by atoms with Crippen LogP contribution in [0.1, 0.15) is 0 Å². The first-order chi connectivity index (χ1) is 28.8. The highest BCUT2D eigenvalue weighted by molar-refractivity contribution is 7.29. The topological polar surface area (TPSA) is 0 Å². The molecule has 0 aliphatic heterocycles. The highest BCUT2D eigenvalue weighted by atomic mass is 32.1. The summed E-state index contributed by atoms with van der Waals surface area (Å²) in [7, 11) is 0. The fourth-order valence-corrected chi connectivity index (χ4v) is 12.4. The molecular formula is C56H32S2. The molecule has 0 spiro atoms. The Morgan fingerprint density at radius 1 is 0.259 bits per heavy atom. The lowest BCUT2D eigenvalue weighted by atomic mass is 9.84. The minimum Gasteiger partial charge on any atom is -0.135 e. The molecule has 268 valence electrons. The standard InChI is InChI=1S/C56H32S2/c1-2-14-39-33(12-1)13-11-22-40(39)52-43-17-5-3-15-41(43)51(42-16-4-6-18-44(42)52)38-27-26-34-30-35(24-25-36(34)31-38)37-28-29-48-50(32-37)58-56-46-20-8-7-19-45(46)55-53(54(48)56)47-21-9-10-23-49(47)57-55/h1-32H. The van der Waals surface area contributed by atoms with Gasteiger partial charge in [0.25, 0.3) is 0 Å². The van der Waals surface area contributed by atoms with Crippen LogP contribution in [0.15, 0.2) is 194 Å². The van der Waals surface area contributed by atoms with E-state index in [0.29, 0.717) is 0 Å². The highest BCUT2D eigenvalue weighted by Gasteiger charge is 2.20. The van der Waals surface area contributed by atoms with Crippen LogP contribution in [-0.4, -0.2) is 0 Å². The molecule has 0 unspecified atom stereocenters. The Bertz CT molecular complexity index is 3800. The van der Waals surface area contributed by atoms with Crippen LogP contribution in [-0.2, 0) is 0 Å². The van der Waals surface area contributed by atoms with Crippen molar-refractivity contribution in [2.45, 2.75) is 0 Å². The number of fused-ring (bicyclic) bond motifs is 14. The largest absolute Gasteiger partial charge is 0.135 e. The predicted octanol–water partition coefficient (Wildman–Crippen LogP) is 17.2. The van der Waals surface area contributed by atoms with Gasteiger partial charge in [0.15, 0.2) is 0 Å². The molecule has 0 saturated heterocycles. The van der Waals surface area contributed by atoms with Crippen LogP contribution >= 0.6 is 22.7 Å². The van der Waals surface area contributed by atoms with Gasteiger partial charge in [0.2, 0.25) is 0 Å². The fraction of sp³-hybridized carbons (Fsp3) is 0. The SMILES string of the molecule is c1ccc2c(-c3c4ccccc4c(-c4ccc5cc(-c6ccc7c(c6)sc6c8ccccc8c8sc9ccccc9c8c76)ccc5c4)c4ccccc34)cccc2c1. The molecule has 0 aliphatic carbocycles. The summed E-state index contributed by atoms with van der Waals surface area (Å²) in [6, 6.07) is 72.4. The molecule has 0 aliphatic rings. The van der Waals surface area contributed by atoms with E-state index in [0.717, 1.165) is 0 Å². The summed E-state index contributed by atoms with van der Waals surface area (Å²) in [6.07, 6.45) is 0. The molecule has 0 amide bonds. The first-order valence-corrected chi connectivity index (χ1v) is 21.5. The van der Waals surface area contributed by atoms with E-state index in [-0.39, 0.29) is 0 Å². The second kappa shape index (κ2) is 12.3. The van der Waals surface area contributed by atoms with Crippen LogP contribution in [0.4, 0.5) is 0 Å². The Labute approximate surface area is 342 Å². The van der Waals surface area contributed by atoms with Gasteiger partial charge < -0.3 is 0 Å². The van der Waals surface area contributed by atoms with Gasteiger partial charge in [-0.2, -0.15) is 0 Å². The van der Waals surface area contributed by atoms with Gasteiger partial charge in [-0.3, -0.25) is 0 Å². The van der Waals surface area contributed by atoms with Crippen molar-refractivity contribution in [3.8, 4) is 33.4 Å². The summed E-state index contributed by atoms with van der Waals surface area (Å²) in [4.78, 5) is 0. The maximum absolute atomic E-state index is 2.42. The summed E-state index contributed by atoms with van der Waals surface area (Å²) in [5.74, 6) is 0. The van der Waals surface area contributed by atoms with Crippen LogP contribution in [0.2, 0.25) is 0 Å². The maximum atomic E-state index is 2.42. The highest BCUT2D eigenvalue weighted by Crippen LogP contribution is 2.50. The summed E-state index contributed by atoms with van der Waals surface area (Å²) < 4.78 is 5.46. The van der Waals surface area contributed by atoms with Crippen molar-refractivity contribution in [2.75, 3.05) is 0 Å². The van der Waals surface area contributed by atoms with Crippen molar-refractivity contribution in [3.63, 3.8) is 0 Å². The second-order valence-corrected chi connectivity index (χ2v) is 17.6. The molecular weight excluding hydrogens is 737 g/mol. The van der Waals surface area contributed by atoms with Crippen LogP contribution in [0, 0.1) is 0 Å². The van der Waals surface area contributed by atoms with Gasteiger partial charge in [-0.25, -0.2) is 0 Å². The molecule has 0 atom stereocenters. The minimum absolute atomic E-state index is 1.24. The monoisotopic (exact) mass is 768 g/mol. The summed E-state index contributed by atoms with van der Waals surface area (Å²) >= 11 is 3.86. The Balaban J connectivity index is 0.963. The van der Waals surface area contributed by atoms with Crippen molar-refractivity contribution in [1.82, 2.24) is 0 Å². The molecule has 0 bridgehead atoms. The van der Waals surface area contributed by atoms with E-state index in [1.165, 1.54) is 128 Å². The average molecular weight is 769 g/mol. The lowest BCUT2D eigenvalue weighted by Gasteiger charge is -2.19. The third-order valence-corrected chi connectivity index (χ3v) is 14.8. The van der Waals surface area contributed by atoms with Gasteiger partial charge in [-0.1, -0.05) is 170 Å². The first-order valence-electron chi connectivity index (χ1n) is 19.9. The van der Waals surface area contributed by atoms with Gasteiger partial charge in [-0.15, -0.1) is 22.7 Å². The molecule has 2 heteroatoms. The zero-order chi connectivity index (χ0) is 37.9. The smallest absolute Gasteiger partial charge is 0.0441 e. The Morgan fingerprint density at radius 2 is 0.724 bits per heavy atom. The molecule has 13 rings (SSSR count). The summed E-state index contributed by atoms with van der Waals surface area (Å²) in [5, 5.41) is 18.4. The third-order valence-electron chi connectivity index (χ3n) is 12.4. The lowest BCUT2D eigenvalue weighted by Crippen LogP contribution is -1.91. The number of hydrogen-bond acceptors (Lipinski definition) is 2. The second-order valence-electron chi connectivity index (χ2n) is 15.5. The molecule has 0 fully saturated rings. The molecule has 0 nitrogen and oxygen atoms in total. The summed E-state index contributed by atoms with van der Waals surface area (Å²) in [6.45, 7) is 0. The number of benzene rings is 11. The van der Waals surface area contributed by atoms with E-state index in [2.05, 4.69) is 194 Å². The molecule has 0 saturated carbocycles.